The van der Waals surface area contributed by atoms with E-state index in [2.05, 4.69) is 30.3 Å². The highest BCUT2D eigenvalue weighted by Crippen LogP contribution is 2.37. The fraction of sp³-hybridized carbons (Fsp3) is 0.391. The molecule has 0 bridgehead atoms. The summed E-state index contributed by atoms with van der Waals surface area (Å²) in [6.45, 7) is 0.600. The quantitative estimate of drug-likeness (QED) is 0.889. The average molecular weight is 363 g/mol. The number of fused-ring (bicyclic) bond motifs is 1. The van der Waals surface area contributed by atoms with Gasteiger partial charge in [-0.3, -0.25) is 9.59 Å². The number of amides is 1. The van der Waals surface area contributed by atoms with E-state index in [-0.39, 0.29) is 23.8 Å². The van der Waals surface area contributed by atoms with Gasteiger partial charge >= 0.3 is 5.97 Å². The summed E-state index contributed by atoms with van der Waals surface area (Å²) in [5.74, 6) is -1.23. The molecular formula is C23H25NO3. The summed E-state index contributed by atoms with van der Waals surface area (Å²) in [5, 5.41) is 9.38. The molecule has 2 aromatic carbocycles. The maximum Gasteiger partial charge on any atom is 0.306 e. The monoisotopic (exact) mass is 363 g/mol. The van der Waals surface area contributed by atoms with Crippen LogP contribution in [0.5, 0.6) is 0 Å². The van der Waals surface area contributed by atoms with Gasteiger partial charge in [0.15, 0.2) is 0 Å². The van der Waals surface area contributed by atoms with Crippen molar-refractivity contribution in [3.63, 3.8) is 0 Å². The first-order valence-corrected chi connectivity index (χ1v) is 9.78. The van der Waals surface area contributed by atoms with Gasteiger partial charge in [-0.15, -0.1) is 0 Å². The molecule has 0 spiro atoms. The molecule has 1 amide bonds. The molecule has 1 aliphatic carbocycles. The standard InChI is InChI=1S/C23H25NO3/c25-22(18-11-6-12-19(13-18)23(26)27)24-15-20-10-5-4-9-17(20)14-21(24)16-7-2-1-3-8-16/h1-5,7-10,18-19,21H,6,11-15H2,(H,26,27). The number of aliphatic carboxylic acids is 1. The first kappa shape index (κ1) is 17.8. The minimum absolute atomic E-state index is 0.0128. The van der Waals surface area contributed by atoms with Crippen molar-refractivity contribution in [2.75, 3.05) is 0 Å². The number of carboxylic acids is 1. The van der Waals surface area contributed by atoms with Crippen molar-refractivity contribution in [1.82, 2.24) is 4.90 Å². The highest BCUT2D eigenvalue weighted by atomic mass is 16.4. The second kappa shape index (κ2) is 7.55. The summed E-state index contributed by atoms with van der Waals surface area (Å²) in [4.78, 5) is 26.9. The van der Waals surface area contributed by atoms with E-state index >= 15 is 0 Å². The molecular weight excluding hydrogens is 338 g/mol. The number of carbonyl (C=O) groups excluding carboxylic acids is 1. The number of carbonyl (C=O) groups is 2. The lowest BCUT2D eigenvalue weighted by Gasteiger charge is -2.40. The fourth-order valence-corrected chi connectivity index (χ4v) is 4.60. The Morgan fingerprint density at radius 3 is 2.30 bits per heavy atom. The van der Waals surface area contributed by atoms with E-state index in [9.17, 15) is 14.7 Å². The molecule has 1 heterocycles. The van der Waals surface area contributed by atoms with E-state index in [4.69, 9.17) is 0 Å². The summed E-state index contributed by atoms with van der Waals surface area (Å²) in [7, 11) is 0. The molecule has 1 saturated carbocycles. The Hall–Kier alpha value is -2.62. The van der Waals surface area contributed by atoms with Gasteiger partial charge < -0.3 is 10.0 Å². The number of nitrogens with zero attached hydrogens (tertiary/aromatic N) is 1. The predicted octanol–water partition coefficient (Wildman–Crippen LogP) is 4.20. The highest BCUT2D eigenvalue weighted by molar-refractivity contribution is 5.81. The van der Waals surface area contributed by atoms with E-state index in [1.807, 2.05) is 29.2 Å². The van der Waals surface area contributed by atoms with Crippen LogP contribution in [0.4, 0.5) is 0 Å². The van der Waals surface area contributed by atoms with Crippen molar-refractivity contribution >= 4 is 11.9 Å². The Balaban J connectivity index is 1.63. The third-order valence-electron chi connectivity index (χ3n) is 6.09. The van der Waals surface area contributed by atoms with Gasteiger partial charge in [0, 0.05) is 12.5 Å². The van der Waals surface area contributed by atoms with Crippen molar-refractivity contribution in [3.05, 3.63) is 71.3 Å². The third kappa shape index (κ3) is 3.61. The maximum absolute atomic E-state index is 13.4. The zero-order valence-corrected chi connectivity index (χ0v) is 15.4. The molecule has 0 aromatic heterocycles. The molecule has 0 saturated heterocycles. The molecule has 1 aliphatic heterocycles. The molecule has 2 aromatic rings. The van der Waals surface area contributed by atoms with Crippen molar-refractivity contribution in [1.29, 1.82) is 0 Å². The number of carboxylic acid groups (broad SMARTS) is 1. The van der Waals surface area contributed by atoms with Crippen LogP contribution in [0.2, 0.25) is 0 Å². The smallest absolute Gasteiger partial charge is 0.306 e. The van der Waals surface area contributed by atoms with Crippen LogP contribution in [0.3, 0.4) is 0 Å². The lowest BCUT2D eigenvalue weighted by molar-refractivity contribution is -0.146. The number of benzene rings is 2. The van der Waals surface area contributed by atoms with Crippen LogP contribution in [-0.2, 0) is 22.6 Å². The van der Waals surface area contributed by atoms with Gasteiger partial charge in [-0.05, 0) is 42.4 Å². The van der Waals surface area contributed by atoms with Crippen molar-refractivity contribution in [2.24, 2.45) is 11.8 Å². The summed E-state index contributed by atoms with van der Waals surface area (Å²) in [6.07, 6.45) is 3.56. The van der Waals surface area contributed by atoms with Gasteiger partial charge in [0.1, 0.15) is 0 Å². The van der Waals surface area contributed by atoms with Crippen LogP contribution >= 0.6 is 0 Å². The molecule has 4 rings (SSSR count). The first-order chi connectivity index (χ1) is 13.1. The zero-order valence-electron chi connectivity index (χ0n) is 15.4. The summed E-state index contributed by atoms with van der Waals surface area (Å²) >= 11 is 0. The molecule has 0 radical (unpaired) electrons. The van der Waals surface area contributed by atoms with Crippen LogP contribution in [-0.4, -0.2) is 21.9 Å². The van der Waals surface area contributed by atoms with E-state index in [1.54, 1.807) is 0 Å². The molecule has 27 heavy (non-hydrogen) atoms. The fourth-order valence-electron chi connectivity index (χ4n) is 4.60. The minimum atomic E-state index is -0.768. The largest absolute Gasteiger partial charge is 0.481 e. The SMILES string of the molecule is O=C(O)C1CCCC(C(=O)N2Cc3ccccc3CC2c2ccccc2)C1. The van der Waals surface area contributed by atoms with Gasteiger partial charge in [-0.25, -0.2) is 0 Å². The number of hydrogen-bond donors (Lipinski definition) is 1. The van der Waals surface area contributed by atoms with Crippen LogP contribution in [0.15, 0.2) is 54.6 Å². The Morgan fingerprint density at radius 1 is 0.889 bits per heavy atom. The molecule has 1 N–H and O–H groups in total. The van der Waals surface area contributed by atoms with Gasteiger partial charge in [-0.2, -0.15) is 0 Å². The second-order valence-corrected chi connectivity index (χ2v) is 7.76. The lowest BCUT2D eigenvalue weighted by Crippen LogP contribution is -2.43. The number of rotatable bonds is 3. The Kier molecular flexibility index (Phi) is 4.97. The van der Waals surface area contributed by atoms with Crippen molar-refractivity contribution < 1.29 is 14.7 Å². The molecule has 2 aliphatic rings. The average Bonchev–Trinajstić information content (AvgIpc) is 2.73. The van der Waals surface area contributed by atoms with E-state index in [0.717, 1.165) is 24.8 Å². The van der Waals surface area contributed by atoms with Crippen LogP contribution in [0.1, 0.15) is 48.4 Å². The predicted molar refractivity (Wildman–Crippen MR) is 103 cm³/mol. The van der Waals surface area contributed by atoms with E-state index in [1.165, 1.54) is 11.1 Å². The normalized spacial score (nSPS) is 24.9. The Morgan fingerprint density at radius 2 is 1.56 bits per heavy atom. The van der Waals surface area contributed by atoms with Crippen LogP contribution in [0, 0.1) is 11.8 Å². The highest BCUT2D eigenvalue weighted by Gasteiger charge is 2.37. The topological polar surface area (TPSA) is 57.6 Å². The zero-order chi connectivity index (χ0) is 18.8. The van der Waals surface area contributed by atoms with Gasteiger partial charge in [0.25, 0.3) is 0 Å². The number of hydrogen-bond acceptors (Lipinski definition) is 2. The van der Waals surface area contributed by atoms with Crippen molar-refractivity contribution in [3.8, 4) is 0 Å². The van der Waals surface area contributed by atoms with Crippen LogP contribution in [0.25, 0.3) is 0 Å². The Labute approximate surface area is 159 Å². The second-order valence-electron chi connectivity index (χ2n) is 7.76. The van der Waals surface area contributed by atoms with Gasteiger partial charge in [0.05, 0.1) is 12.0 Å². The van der Waals surface area contributed by atoms with E-state index in [0.29, 0.717) is 19.4 Å². The van der Waals surface area contributed by atoms with E-state index < -0.39 is 5.97 Å². The minimum Gasteiger partial charge on any atom is -0.481 e. The summed E-state index contributed by atoms with van der Waals surface area (Å²) in [5.41, 5.74) is 3.64. The van der Waals surface area contributed by atoms with Crippen LogP contribution < -0.4 is 0 Å². The van der Waals surface area contributed by atoms with Gasteiger partial charge in [0.2, 0.25) is 5.91 Å². The first-order valence-electron chi connectivity index (χ1n) is 9.78. The molecule has 4 nitrogen and oxygen atoms in total. The molecule has 1 fully saturated rings. The van der Waals surface area contributed by atoms with Crippen molar-refractivity contribution in [2.45, 2.75) is 44.7 Å². The summed E-state index contributed by atoms with van der Waals surface area (Å²) in [6, 6.07) is 18.5. The summed E-state index contributed by atoms with van der Waals surface area (Å²) < 4.78 is 0. The Bertz CT molecular complexity index is 833. The molecule has 3 atom stereocenters. The van der Waals surface area contributed by atoms with Gasteiger partial charge in [-0.1, -0.05) is 61.0 Å². The third-order valence-corrected chi connectivity index (χ3v) is 6.09. The maximum atomic E-state index is 13.4. The molecule has 140 valence electrons. The molecule has 4 heteroatoms. The lowest BCUT2D eigenvalue weighted by atomic mass is 9.79. The molecule has 3 unspecified atom stereocenters.